The van der Waals surface area contributed by atoms with E-state index in [0.717, 1.165) is 37.3 Å². The summed E-state index contributed by atoms with van der Waals surface area (Å²) in [5.74, 6) is -0.415. The van der Waals surface area contributed by atoms with E-state index in [4.69, 9.17) is 0 Å². The first-order valence-corrected chi connectivity index (χ1v) is 14.0. The van der Waals surface area contributed by atoms with Crippen molar-refractivity contribution < 1.29 is 18.0 Å². The van der Waals surface area contributed by atoms with Crippen molar-refractivity contribution in [2.45, 2.75) is 41.1 Å². The van der Waals surface area contributed by atoms with Gasteiger partial charge in [-0.2, -0.15) is 4.72 Å². The zero-order valence-corrected chi connectivity index (χ0v) is 20.1. The molecule has 4 rings (SSSR count). The molecule has 172 valence electrons. The number of nitrogens with zero attached hydrogens (tertiary/aromatic N) is 4. The molecule has 32 heavy (non-hydrogen) atoms. The minimum Gasteiger partial charge on any atom is -0.341 e. The van der Waals surface area contributed by atoms with Gasteiger partial charge in [0.2, 0.25) is 11.8 Å². The normalized spacial score (nSPS) is 19.5. The highest BCUT2D eigenvalue weighted by Crippen LogP contribution is 2.30. The predicted octanol–water partition coefficient (Wildman–Crippen LogP) is 1.82. The molecule has 1 atom stereocenters. The van der Waals surface area contributed by atoms with E-state index in [1.54, 1.807) is 23.2 Å². The molecule has 2 saturated heterocycles. The molecule has 2 fully saturated rings. The van der Waals surface area contributed by atoms with Crippen molar-refractivity contribution in [1.29, 1.82) is 0 Å². The Bertz CT molecular complexity index is 1100. The van der Waals surface area contributed by atoms with Crippen LogP contribution in [0.5, 0.6) is 0 Å². The Morgan fingerprint density at radius 2 is 2.00 bits per heavy atom. The quantitative estimate of drug-likeness (QED) is 0.460. The van der Waals surface area contributed by atoms with Gasteiger partial charge in [-0.25, -0.2) is 18.4 Å². The number of piperidine rings is 1. The number of thioether (sulfide) groups is 1. The van der Waals surface area contributed by atoms with E-state index in [2.05, 4.69) is 14.7 Å². The number of nitrogens with one attached hydrogen (secondary N) is 1. The molecule has 0 radical (unpaired) electrons. The van der Waals surface area contributed by atoms with Crippen molar-refractivity contribution >= 4 is 44.9 Å². The number of hydrogen-bond acceptors (Lipinski definition) is 8. The van der Waals surface area contributed by atoms with Gasteiger partial charge < -0.3 is 9.80 Å². The van der Waals surface area contributed by atoms with Gasteiger partial charge >= 0.3 is 0 Å². The Hall–Kier alpha value is -2.02. The molecule has 2 aromatic rings. The van der Waals surface area contributed by atoms with Crippen molar-refractivity contribution in [1.82, 2.24) is 24.5 Å². The third kappa shape index (κ3) is 5.13. The maximum absolute atomic E-state index is 13.0. The third-order valence-corrected chi connectivity index (χ3v) is 9.16. The van der Waals surface area contributed by atoms with Crippen molar-refractivity contribution in [3.8, 4) is 10.6 Å². The lowest BCUT2D eigenvalue weighted by atomic mass is 10.1. The Morgan fingerprint density at radius 3 is 2.75 bits per heavy atom. The van der Waals surface area contributed by atoms with Crippen LogP contribution >= 0.6 is 23.1 Å². The predicted molar refractivity (Wildman–Crippen MR) is 123 cm³/mol. The van der Waals surface area contributed by atoms with Crippen molar-refractivity contribution in [3.63, 3.8) is 0 Å². The molecular weight excluding hydrogens is 470 g/mol. The fraction of sp³-hybridized carbons (Fsp3) is 0.500. The van der Waals surface area contributed by atoms with E-state index in [-0.39, 0.29) is 22.6 Å². The molecule has 0 aliphatic carbocycles. The number of carbonyl (C=O) groups is 2. The highest BCUT2D eigenvalue weighted by Gasteiger charge is 2.34. The van der Waals surface area contributed by atoms with Gasteiger partial charge in [-0.15, -0.1) is 11.3 Å². The number of hydrogen-bond donors (Lipinski definition) is 1. The molecule has 2 aliphatic rings. The third-order valence-electron chi connectivity index (χ3n) is 5.53. The first-order valence-electron chi connectivity index (χ1n) is 10.4. The van der Waals surface area contributed by atoms with Crippen LogP contribution in [0.1, 0.15) is 25.7 Å². The van der Waals surface area contributed by atoms with E-state index in [0.29, 0.717) is 35.1 Å². The molecule has 2 aliphatic heterocycles. The average Bonchev–Trinajstić information content (AvgIpc) is 3.49. The van der Waals surface area contributed by atoms with Crippen molar-refractivity contribution in [2.24, 2.45) is 0 Å². The Kier molecular flexibility index (Phi) is 7.13. The van der Waals surface area contributed by atoms with Gasteiger partial charge in [0.15, 0.2) is 5.16 Å². The van der Waals surface area contributed by atoms with Crippen LogP contribution in [0.2, 0.25) is 0 Å². The van der Waals surface area contributed by atoms with E-state index in [9.17, 15) is 18.0 Å². The number of thiophene rings is 1. The Morgan fingerprint density at radius 1 is 1.22 bits per heavy atom. The lowest BCUT2D eigenvalue weighted by molar-refractivity contribution is -0.142. The minimum absolute atomic E-state index is 0.00565. The average molecular weight is 496 g/mol. The van der Waals surface area contributed by atoms with Gasteiger partial charge in [0.1, 0.15) is 10.3 Å². The van der Waals surface area contributed by atoms with Gasteiger partial charge in [-0.3, -0.25) is 9.59 Å². The second kappa shape index (κ2) is 9.86. The highest BCUT2D eigenvalue weighted by molar-refractivity contribution is 7.98. The number of aromatic nitrogens is 2. The summed E-state index contributed by atoms with van der Waals surface area (Å²) in [5.41, 5.74) is 0.649. The Balaban J connectivity index is 1.44. The standard InChI is InChI=1S/C20H25N5O4S3/c1-30-20-21-9-8-14(22-20)16-6-7-18(31-16)32(28,29)23-15-5-4-12-25(19(15)27)13-17(26)24-10-2-3-11-24/h6-9,15,23H,2-5,10-13H2,1H3. The summed E-state index contributed by atoms with van der Waals surface area (Å²) >= 11 is 2.50. The summed E-state index contributed by atoms with van der Waals surface area (Å²) < 4.78 is 28.6. The molecule has 1 N–H and O–H groups in total. The van der Waals surface area contributed by atoms with Gasteiger partial charge in [0.25, 0.3) is 10.0 Å². The van der Waals surface area contributed by atoms with Crippen LogP contribution in [-0.4, -0.2) is 78.5 Å². The first-order chi connectivity index (χ1) is 15.4. The Labute approximate surface area is 195 Å². The summed E-state index contributed by atoms with van der Waals surface area (Å²) in [6.07, 6.45) is 6.53. The molecule has 12 heteroatoms. The van der Waals surface area contributed by atoms with E-state index < -0.39 is 16.1 Å². The number of sulfonamides is 1. The summed E-state index contributed by atoms with van der Waals surface area (Å²) in [6, 6.07) is 4.09. The van der Waals surface area contributed by atoms with E-state index in [1.807, 2.05) is 6.26 Å². The second-order valence-electron chi connectivity index (χ2n) is 7.71. The first kappa shape index (κ1) is 23.1. The summed E-state index contributed by atoms with van der Waals surface area (Å²) in [7, 11) is -3.89. The SMILES string of the molecule is CSc1nccc(-c2ccc(S(=O)(=O)NC3CCCN(CC(=O)N4CCCC4)C3=O)s2)n1. The summed E-state index contributed by atoms with van der Waals surface area (Å²) in [6.45, 7) is 1.92. The highest BCUT2D eigenvalue weighted by atomic mass is 32.2. The lowest BCUT2D eigenvalue weighted by Crippen LogP contribution is -2.54. The lowest BCUT2D eigenvalue weighted by Gasteiger charge is -2.33. The largest absolute Gasteiger partial charge is 0.341 e. The van der Waals surface area contributed by atoms with Crippen LogP contribution in [0.3, 0.4) is 0 Å². The fourth-order valence-corrected chi connectivity index (χ4v) is 6.73. The van der Waals surface area contributed by atoms with Crippen LogP contribution in [0.25, 0.3) is 10.6 Å². The van der Waals surface area contributed by atoms with E-state index >= 15 is 0 Å². The smallest absolute Gasteiger partial charge is 0.250 e. The fourth-order valence-electron chi connectivity index (χ4n) is 3.86. The van der Waals surface area contributed by atoms with E-state index in [1.165, 1.54) is 22.7 Å². The van der Waals surface area contributed by atoms with Crippen LogP contribution in [0.15, 0.2) is 33.8 Å². The van der Waals surface area contributed by atoms with Gasteiger partial charge in [-0.05, 0) is 50.1 Å². The van der Waals surface area contributed by atoms with Crippen molar-refractivity contribution in [3.05, 3.63) is 24.4 Å². The van der Waals surface area contributed by atoms with Gasteiger partial charge in [0, 0.05) is 25.8 Å². The topological polar surface area (TPSA) is 113 Å². The maximum Gasteiger partial charge on any atom is 0.250 e. The van der Waals surface area contributed by atoms with Crippen LogP contribution in [0, 0.1) is 0 Å². The second-order valence-corrected chi connectivity index (χ2v) is 11.5. The van der Waals surface area contributed by atoms with Crippen LogP contribution in [-0.2, 0) is 19.6 Å². The summed E-state index contributed by atoms with van der Waals surface area (Å²) in [4.78, 5) is 37.8. The molecule has 4 heterocycles. The molecule has 2 aromatic heterocycles. The number of likely N-dealkylation sites (tertiary alicyclic amines) is 2. The molecule has 2 amide bonds. The zero-order chi connectivity index (χ0) is 22.7. The van der Waals surface area contributed by atoms with Crippen LogP contribution < -0.4 is 4.72 Å². The molecule has 0 aromatic carbocycles. The molecule has 0 spiro atoms. The molecule has 1 unspecified atom stereocenters. The van der Waals surface area contributed by atoms with Gasteiger partial charge in [-0.1, -0.05) is 11.8 Å². The minimum atomic E-state index is -3.89. The molecular formula is C20H25N5O4S3. The van der Waals surface area contributed by atoms with Crippen LogP contribution in [0.4, 0.5) is 0 Å². The monoisotopic (exact) mass is 495 g/mol. The molecule has 9 nitrogen and oxygen atoms in total. The molecule has 0 saturated carbocycles. The zero-order valence-electron chi connectivity index (χ0n) is 17.7. The number of rotatable bonds is 7. The van der Waals surface area contributed by atoms with Gasteiger partial charge in [0.05, 0.1) is 17.1 Å². The summed E-state index contributed by atoms with van der Waals surface area (Å²) in [5, 5.41) is 0.606. The molecule has 0 bridgehead atoms. The van der Waals surface area contributed by atoms with Crippen molar-refractivity contribution in [2.75, 3.05) is 32.4 Å². The number of amides is 2. The number of carbonyl (C=O) groups excluding carboxylic acids is 2. The maximum atomic E-state index is 13.0.